The molecule has 4 aromatic carbocycles. The average Bonchev–Trinajstić information content (AvgIpc) is 3.51. The van der Waals surface area contributed by atoms with Crippen molar-refractivity contribution in [2.24, 2.45) is 0 Å². The Bertz CT molecular complexity index is 1760. The van der Waals surface area contributed by atoms with E-state index in [4.69, 9.17) is 12.2 Å². The van der Waals surface area contributed by atoms with Crippen molar-refractivity contribution in [1.82, 2.24) is 10.2 Å². The maximum atomic E-state index is 14.9. The first-order valence-electron chi connectivity index (χ1n) is 13.8. The van der Waals surface area contributed by atoms with Crippen LogP contribution in [0.1, 0.15) is 33.7 Å². The van der Waals surface area contributed by atoms with Gasteiger partial charge in [0.1, 0.15) is 4.99 Å². The van der Waals surface area contributed by atoms with Crippen LogP contribution in [0.5, 0.6) is 0 Å². The first kappa shape index (κ1) is 26.6. The molecule has 3 heterocycles. The molecule has 3 aliphatic rings. The predicted molar refractivity (Wildman–Crippen MR) is 168 cm³/mol. The van der Waals surface area contributed by atoms with Crippen LogP contribution in [0.2, 0.25) is 0 Å². The normalized spacial score (nSPS) is 24.6. The van der Waals surface area contributed by atoms with E-state index in [9.17, 15) is 14.4 Å². The second-order valence-corrected chi connectivity index (χ2v) is 12.5. The largest absolute Gasteiger partial charge is 0.360 e. The number of nitrogens with zero attached hydrogens (tertiary/aromatic N) is 2. The van der Waals surface area contributed by atoms with E-state index in [0.29, 0.717) is 6.54 Å². The lowest BCUT2D eigenvalue weighted by Crippen LogP contribution is -2.52. The highest BCUT2D eigenvalue weighted by molar-refractivity contribution is 8.17. The number of fused-ring (bicyclic) bond motifs is 2. The van der Waals surface area contributed by atoms with Gasteiger partial charge >= 0.3 is 0 Å². The van der Waals surface area contributed by atoms with Gasteiger partial charge in [0, 0.05) is 5.56 Å². The van der Waals surface area contributed by atoms with Crippen molar-refractivity contribution in [2.45, 2.75) is 36.2 Å². The summed E-state index contributed by atoms with van der Waals surface area (Å²) >= 11 is 6.95. The number of nitrogens with one attached hydrogen (secondary N) is 1. The van der Waals surface area contributed by atoms with E-state index in [-0.39, 0.29) is 22.7 Å². The molecular weight excluding hydrogens is 563 g/mol. The lowest BCUT2D eigenvalue weighted by molar-refractivity contribution is -0.129. The third-order valence-electron chi connectivity index (χ3n) is 8.59. The Labute approximate surface area is 253 Å². The molecule has 0 saturated carbocycles. The number of anilines is 1. The molecule has 3 amide bonds. The Balaban J connectivity index is 1.42. The second-order valence-electron chi connectivity index (χ2n) is 10.9. The van der Waals surface area contributed by atoms with Crippen LogP contribution >= 0.6 is 24.0 Å². The van der Waals surface area contributed by atoms with Crippen molar-refractivity contribution >= 4 is 51.7 Å². The van der Waals surface area contributed by atoms with Gasteiger partial charge in [0.2, 0.25) is 0 Å². The zero-order valence-corrected chi connectivity index (χ0v) is 24.5. The molecular formula is C34H27N3O3S2. The smallest absolute Gasteiger partial charge is 0.290 e. The molecule has 0 unspecified atom stereocenters. The zero-order valence-electron chi connectivity index (χ0n) is 22.8. The highest BCUT2D eigenvalue weighted by atomic mass is 32.2. The first-order valence-corrected chi connectivity index (χ1v) is 15.0. The minimum absolute atomic E-state index is 0.133. The molecule has 208 valence electrons. The van der Waals surface area contributed by atoms with Gasteiger partial charge in [0.15, 0.2) is 10.3 Å². The van der Waals surface area contributed by atoms with Crippen LogP contribution in [0.15, 0.2) is 109 Å². The molecule has 4 aromatic rings. The van der Waals surface area contributed by atoms with Gasteiger partial charge in [0.05, 0.1) is 24.7 Å². The van der Waals surface area contributed by atoms with Gasteiger partial charge in [-0.3, -0.25) is 19.3 Å². The summed E-state index contributed by atoms with van der Waals surface area (Å²) in [7, 11) is 0. The maximum Gasteiger partial charge on any atom is 0.290 e. The van der Waals surface area contributed by atoms with E-state index in [1.54, 1.807) is 4.90 Å². The van der Waals surface area contributed by atoms with Gasteiger partial charge in [-0.1, -0.05) is 115 Å². The topological polar surface area (TPSA) is 69.7 Å². The van der Waals surface area contributed by atoms with Crippen molar-refractivity contribution in [3.05, 3.63) is 137 Å². The van der Waals surface area contributed by atoms with Gasteiger partial charge in [-0.15, -0.1) is 0 Å². The number of hydrogen-bond donors (Lipinski definition) is 1. The van der Waals surface area contributed by atoms with Crippen LogP contribution in [0.4, 0.5) is 10.5 Å². The molecule has 1 N–H and O–H groups in total. The van der Waals surface area contributed by atoms with Crippen molar-refractivity contribution in [1.29, 1.82) is 0 Å². The molecule has 0 bridgehead atoms. The van der Waals surface area contributed by atoms with Crippen molar-refractivity contribution in [2.75, 3.05) is 4.90 Å². The van der Waals surface area contributed by atoms with Gasteiger partial charge in [-0.2, -0.15) is 0 Å². The summed E-state index contributed by atoms with van der Waals surface area (Å²) in [5, 5.41) is 3.04. The number of benzene rings is 4. The molecule has 6 nitrogen and oxygen atoms in total. The van der Waals surface area contributed by atoms with E-state index in [2.05, 4.69) is 5.32 Å². The van der Waals surface area contributed by atoms with E-state index in [0.717, 1.165) is 45.3 Å². The Kier molecular flexibility index (Phi) is 6.29. The SMILES string of the molecule is Cc1ccccc1[C@H]1[C@@]2(SC(=O)N(Cc3ccccc3)C2=O)C(=S)N[C@]12C(=O)N(Cc1ccccc1)c1ccccc12. The van der Waals surface area contributed by atoms with Crippen LogP contribution in [0, 0.1) is 6.92 Å². The fourth-order valence-electron chi connectivity index (χ4n) is 6.69. The van der Waals surface area contributed by atoms with Crippen molar-refractivity contribution < 1.29 is 14.4 Å². The summed E-state index contributed by atoms with van der Waals surface area (Å²) in [5.41, 5.74) is 3.69. The number of carbonyl (C=O) groups excluding carboxylic acids is 3. The lowest BCUT2D eigenvalue weighted by Gasteiger charge is -2.36. The van der Waals surface area contributed by atoms with Crippen LogP contribution in [-0.4, -0.2) is 31.7 Å². The maximum absolute atomic E-state index is 14.9. The standard InChI is InChI=1S/C34H27N3O3S2/c1-22-12-8-9-17-25(22)28-33(26-18-10-11-19-27(26)36(30(33)38)20-23-13-4-2-5-14-23)35-29(41)34(28)31(39)37(32(40)42-34)21-24-15-6-3-7-16-24/h2-19,28H,20-21H2,1H3,(H,35,41)/t28-,33+,34-/m1/s1. The van der Waals surface area contributed by atoms with Gasteiger partial charge in [-0.25, -0.2) is 0 Å². The summed E-state index contributed by atoms with van der Waals surface area (Å²) in [5.74, 6) is -1.35. The number of para-hydroxylation sites is 1. The molecule has 2 fully saturated rings. The minimum atomic E-state index is -1.49. The van der Waals surface area contributed by atoms with Gasteiger partial charge in [0.25, 0.3) is 17.1 Å². The predicted octanol–water partition coefficient (Wildman–Crippen LogP) is 6.09. The quantitative estimate of drug-likeness (QED) is 0.285. The van der Waals surface area contributed by atoms with Crippen molar-refractivity contribution in [3.8, 4) is 0 Å². The van der Waals surface area contributed by atoms with Crippen LogP contribution in [0.25, 0.3) is 0 Å². The number of thioether (sulfide) groups is 1. The highest BCUT2D eigenvalue weighted by Crippen LogP contribution is 2.63. The fraction of sp³-hybridized carbons (Fsp3) is 0.176. The molecule has 3 atom stereocenters. The summed E-state index contributed by atoms with van der Waals surface area (Å²) < 4.78 is -1.49. The Morgan fingerprint density at radius 3 is 1.98 bits per heavy atom. The Hall–Kier alpha value is -4.27. The van der Waals surface area contributed by atoms with E-state index in [1.165, 1.54) is 4.90 Å². The monoisotopic (exact) mass is 589 g/mol. The number of carbonyl (C=O) groups is 3. The second kappa shape index (κ2) is 9.93. The van der Waals surface area contributed by atoms with Crippen LogP contribution in [0.3, 0.4) is 0 Å². The van der Waals surface area contributed by atoms with Crippen molar-refractivity contribution in [3.63, 3.8) is 0 Å². The van der Waals surface area contributed by atoms with Crippen LogP contribution < -0.4 is 10.2 Å². The Morgan fingerprint density at radius 1 is 0.738 bits per heavy atom. The molecule has 8 heteroatoms. The Morgan fingerprint density at radius 2 is 1.31 bits per heavy atom. The van der Waals surface area contributed by atoms with E-state index in [1.807, 2.05) is 116 Å². The number of imide groups is 1. The molecule has 2 saturated heterocycles. The van der Waals surface area contributed by atoms with Gasteiger partial charge < -0.3 is 10.2 Å². The van der Waals surface area contributed by atoms with E-state index >= 15 is 0 Å². The number of aryl methyl sites for hydroxylation is 1. The molecule has 0 aromatic heterocycles. The van der Waals surface area contributed by atoms with E-state index < -0.39 is 22.1 Å². The minimum Gasteiger partial charge on any atom is -0.360 e. The number of hydrogen-bond acceptors (Lipinski definition) is 5. The number of amides is 3. The summed E-state index contributed by atoms with van der Waals surface area (Å²) in [4.78, 5) is 46.5. The molecule has 2 spiro atoms. The molecule has 0 aliphatic carbocycles. The third-order valence-corrected chi connectivity index (χ3v) is 10.5. The fourth-order valence-corrected chi connectivity index (χ4v) is 8.48. The zero-order chi connectivity index (χ0) is 29.1. The van der Waals surface area contributed by atoms with Crippen LogP contribution in [-0.2, 0) is 28.2 Å². The van der Waals surface area contributed by atoms with Gasteiger partial charge in [-0.05, 0) is 47.0 Å². The summed E-state index contributed by atoms with van der Waals surface area (Å²) in [6.07, 6.45) is 0. The first-order chi connectivity index (χ1) is 20.4. The summed E-state index contributed by atoms with van der Waals surface area (Å²) in [6.45, 7) is 2.47. The third kappa shape index (κ3) is 3.71. The highest BCUT2D eigenvalue weighted by Gasteiger charge is 2.75. The molecule has 3 aliphatic heterocycles. The number of thiocarbonyl (C=S) groups is 1. The lowest BCUT2D eigenvalue weighted by atomic mass is 9.70. The molecule has 42 heavy (non-hydrogen) atoms. The molecule has 0 radical (unpaired) electrons. The summed E-state index contributed by atoms with van der Waals surface area (Å²) in [6, 6.07) is 34.7. The molecule has 7 rings (SSSR count). The number of rotatable bonds is 5. The average molecular weight is 590 g/mol.